The monoisotopic (exact) mass is 300 g/mol. The Kier molecular flexibility index (Phi) is 3.65. The van der Waals surface area contributed by atoms with Gasteiger partial charge >= 0.3 is 0 Å². The van der Waals surface area contributed by atoms with Gasteiger partial charge in [-0.15, -0.1) is 6.42 Å². The van der Waals surface area contributed by atoms with Crippen LogP contribution in [-0.2, 0) is 13.0 Å². The maximum atomic E-state index is 5.55. The molecular weight excluding hydrogens is 280 g/mol. The second-order valence-corrected chi connectivity index (χ2v) is 6.23. The first-order chi connectivity index (χ1) is 11.3. The third-order valence-corrected chi connectivity index (χ3v) is 4.77. The van der Waals surface area contributed by atoms with Gasteiger partial charge in [-0.25, -0.2) is 0 Å². The van der Waals surface area contributed by atoms with Gasteiger partial charge in [0.25, 0.3) is 0 Å². The lowest BCUT2D eigenvalue weighted by atomic mass is 9.91. The first-order valence-corrected chi connectivity index (χ1v) is 8.23. The van der Waals surface area contributed by atoms with Crippen molar-refractivity contribution in [2.75, 3.05) is 0 Å². The van der Waals surface area contributed by atoms with Gasteiger partial charge in [0, 0.05) is 34.7 Å². The van der Waals surface area contributed by atoms with Crippen LogP contribution in [0.2, 0.25) is 0 Å². The number of aryl methyl sites for hydroxylation is 1. The van der Waals surface area contributed by atoms with Gasteiger partial charge < -0.3 is 10.3 Å². The zero-order valence-electron chi connectivity index (χ0n) is 13.1. The van der Waals surface area contributed by atoms with Gasteiger partial charge in [-0.1, -0.05) is 36.3 Å². The van der Waals surface area contributed by atoms with Gasteiger partial charge in [0.2, 0.25) is 0 Å². The zero-order valence-corrected chi connectivity index (χ0v) is 13.1. The average molecular weight is 300 g/mol. The van der Waals surface area contributed by atoms with E-state index in [2.05, 4.69) is 58.7 Å². The van der Waals surface area contributed by atoms with Crippen LogP contribution >= 0.6 is 0 Å². The number of H-pyrrole nitrogens is 1. The number of hydrogen-bond acceptors (Lipinski definition) is 1. The molecule has 4 rings (SSSR count). The SMILES string of the molecule is C#Cc1ccc2[nH]c3c(c2c1)CCC[C@H]3NCc1ccccc1. The van der Waals surface area contributed by atoms with Crippen molar-refractivity contribution < 1.29 is 0 Å². The molecule has 0 unspecified atom stereocenters. The van der Waals surface area contributed by atoms with Gasteiger partial charge in [-0.05, 0) is 48.6 Å². The highest BCUT2D eigenvalue weighted by molar-refractivity contribution is 5.86. The van der Waals surface area contributed by atoms with Crippen LogP contribution in [0.1, 0.15) is 41.3 Å². The summed E-state index contributed by atoms with van der Waals surface area (Å²) in [5, 5.41) is 5.01. The maximum absolute atomic E-state index is 5.55. The summed E-state index contributed by atoms with van der Waals surface area (Å²) in [6.45, 7) is 0.899. The number of fused-ring (bicyclic) bond motifs is 3. The highest BCUT2D eigenvalue weighted by atomic mass is 14.9. The van der Waals surface area contributed by atoms with E-state index in [1.54, 1.807) is 0 Å². The molecule has 1 aliphatic rings. The molecule has 1 atom stereocenters. The first kappa shape index (κ1) is 14.1. The Morgan fingerprint density at radius 1 is 1.17 bits per heavy atom. The molecule has 1 aromatic heterocycles. The van der Waals surface area contributed by atoms with E-state index in [-0.39, 0.29) is 0 Å². The standard InChI is InChI=1S/C21H20N2/c1-2-15-11-12-19-18(13-15)17-9-6-10-20(21(17)23-19)22-14-16-7-4-3-5-8-16/h1,3-5,7-8,11-13,20,22-23H,6,9-10,14H2/t20-/m1/s1. The van der Waals surface area contributed by atoms with Gasteiger partial charge in [0.15, 0.2) is 0 Å². The molecule has 23 heavy (non-hydrogen) atoms. The van der Waals surface area contributed by atoms with Crippen molar-refractivity contribution in [2.24, 2.45) is 0 Å². The zero-order chi connectivity index (χ0) is 15.6. The Labute approximate surface area is 136 Å². The van der Waals surface area contributed by atoms with E-state index in [0.717, 1.165) is 18.5 Å². The number of aromatic amines is 1. The molecule has 0 amide bonds. The second-order valence-electron chi connectivity index (χ2n) is 6.23. The van der Waals surface area contributed by atoms with E-state index in [0.29, 0.717) is 6.04 Å². The van der Waals surface area contributed by atoms with E-state index in [1.807, 2.05) is 6.07 Å². The van der Waals surface area contributed by atoms with Crippen molar-refractivity contribution in [3.05, 3.63) is 70.9 Å². The van der Waals surface area contributed by atoms with Crippen LogP contribution in [0, 0.1) is 12.3 Å². The molecule has 1 heterocycles. The van der Waals surface area contributed by atoms with E-state index >= 15 is 0 Å². The largest absolute Gasteiger partial charge is 0.357 e. The fourth-order valence-corrected chi connectivity index (χ4v) is 3.59. The molecule has 0 bridgehead atoms. The summed E-state index contributed by atoms with van der Waals surface area (Å²) < 4.78 is 0. The molecule has 0 fully saturated rings. The average Bonchev–Trinajstić information content (AvgIpc) is 2.99. The van der Waals surface area contributed by atoms with Crippen molar-refractivity contribution in [2.45, 2.75) is 31.8 Å². The molecule has 2 heteroatoms. The minimum atomic E-state index is 0.389. The van der Waals surface area contributed by atoms with Crippen molar-refractivity contribution in [3.8, 4) is 12.3 Å². The summed E-state index contributed by atoms with van der Waals surface area (Å²) in [6, 6.07) is 17.2. The molecule has 114 valence electrons. The number of aromatic nitrogens is 1. The number of terminal acetylenes is 1. The van der Waals surface area contributed by atoms with E-state index in [4.69, 9.17) is 6.42 Å². The Morgan fingerprint density at radius 3 is 2.87 bits per heavy atom. The van der Waals surface area contributed by atoms with Gasteiger partial charge in [0.1, 0.15) is 0 Å². The van der Waals surface area contributed by atoms with Crippen LogP contribution in [0.3, 0.4) is 0 Å². The van der Waals surface area contributed by atoms with Crippen LogP contribution in [0.25, 0.3) is 10.9 Å². The number of nitrogens with one attached hydrogen (secondary N) is 2. The fraction of sp³-hybridized carbons (Fsp3) is 0.238. The maximum Gasteiger partial charge on any atom is 0.0478 e. The number of hydrogen-bond donors (Lipinski definition) is 2. The second kappa shape index (κ2) is 5.95. The van der Waals surface area contributed by atoms with Gasteiger partial charge in [-0.2, -0.15) is 0 Å². The molecular formula is C21H20N2. The Bertz CT molecular complexity index is 868. The number of benzene rings is 2. The van der Waals surface area contributed by atoms with Crippen LogP contribution in [0.15, 0.2) is 48.5 Å². The molecule has 0 radical (unpaired) electrons. The van der Waals surface area contributed by atoms with E-state index in [1.165, 1.54) is 40.6 Å². The fourth-order valence-electron chi connectivity index (χ4n) is 3.59. The Morgan fingerprint density at radius 2 is 2.04 bits per heavy atom. The molecule has 0 spiro atoms. The van der Waals surface area contributed by atoms with Crippen molar-refractivity contribution in [1.82, 2.24) is 10.3 Å². The minimum absolute atomic E-state index is 0.389. The van der Waals surface area contributed by atoms with Crippen molar-refractivity contribution in [3.63, 3.8) is 0 Å². The molecule has 2 aromatic carbocycles. The van der Waals surface area contributed by atoms with Gasteiger partial charge in [0.05, 0.1) is 0 Å². The third-order valence-electron chi connectivity index (χ3n) is 4.77. The minimum Gasteiger partial charge on any atom is -0.357 e. The quantitative estimate of drug-likeness (QED) is 0.693. The summed E-state index contributed by atoms with van der Waals surface area (Å²) in [4.78, 5) is 3.62. The van der Waals surface area contributed by atoms with Crippen LogP contribution in [0.4, 0.5) is 0 Å². The van der Waals surface area contributed by atoms with Crippen molar-refractivity contribution in [1.29, 1.82) is 0 Å². The van der Waals surface area contributed by atoms with Crippen LogP contribution < -0.4 is 5.32 Å². The van der Waals surface area contributed by atoms with E-state index < -0.39 is 0 Å². The molecule has 0 saturated carbocycles. The smallest absolute Gasteiger partial charge is 0.0478 e. The Hall–Kier alpha value is -2.50. The lowest BCUT2D eigenvalue weighted by molar-refractivity contribution is 0.452. The van der Waals surface area contributed by atoms with Gasteiger partial charge in [-0.3, -0.25) is 0 Å². The molecule has 0 aliphatic heterocycles. The normalized spacial score (nSPS) is 16.9. The molecule has 0 saturated heterocycles. The summed E-state index contributed by atoms with van der Waals surface area (Å²) in [6.07, 6.45) is 9.07. The highest BCUT2D eigenvalue weighted by Crippen LogP contribution is 2.35. The molecule has 2 nitrogen and oxygen atoms in total. The predicted octanol–water partition coefficient (Wildman–Crippen LogP) is 4.32. The molecule has 2 N–H and O–H groups in total. The molecule has 3 aromatic rings. The summed E-state index contributed by atoms with van der Waals surface area (Å²) in [5.41, 5.74) is 6.26. The topological polar surface area (TPSA) is 27.8 Å². The predicted molar refractivity (Wildman–Crippen MR) is 95.2 cm³/mol. The van der Waals surface area contributed by atoms with Crippen LogP contribution in [-0.4, -0.2) is 4.98 Å². The Balaban J connectivity index is 1.64. The lowest BCUT2D eigenvalue weighted by Gasteiger charge is -2.24. The number of rotatable bonds is 3. The summed E-state index contributed by atoms with van der Waals surface area (Å²) in [5.74, 6) is 2.74. The molecule has 1 aliphatic carbocycles. The summed E-state index contributed by atoms with van der Waals surface area (Å²) in [7, 11) is 0. The van der Waals surface area contributed by atoms with E-state index in [9.17, 15) is 0 Å². The highest BCUT2D eigenvalue weighted by Gasteiger charge is 2.23. The lowest BCUT2D eigenvalue weighted by Crippen LogP contribution is -2.24. The third kappa shape index (κ3) is 2.65. The van der Waals surface area contributed by atoms with Crippen molar-refractivity contribution >= 4 is 10.9 Å². The first-order valence-electron chi connectivity index (χ1n) is 8.23. The summed E-state index contributed by atoms with van der Waals surface area (Å²) >= 11 is 0. The van der Waals surface area contributed by atoms with Crippen LogP contribution in [0.5, 0.6) is 0 Å².